The number of hydrogen-bond acceptors (Lipinski definition) is 7. The van der Waals surface area contributed by atoms with Crippen LogP contribution >= 0.6 is 0 Å². The Hall–Kier alpha value is -4.40. The number of aryl methyl sites for hydroxylation is 1. The Morgan fingerprint density at radius 3 is 2.62 bits per heavy atom. The van der Waals surface area contributed by atoms with Gasteiger partial charge in [-0.05, 0) is 61.0 Å². The highest BCUT2D eigenvalue weighted by Gasteiger charge is 2.14. The zero-order valence-electron chi connectivity index (χ0n) is 17.2. The van der Waals surface area contributed by atoms with E-state index < -0.39 is 0 Å². The molecule has 1 aliphatic rings. The number of carbonyl (C=O) groups excluding carboxylic acids is 1. The highest BCUT2D eigenvalue weighted by atomic mass is 16.7. The third-order valence-electron chi connectivity index (χ3n) is 4.75. The molecule has 0 bridgehead atoms. The summed E-state index contributed by atoms with van der Waals surface area (Å²) >= 11 is 0. The van der Waals surface area contributed by atoms with Gasteiger partial charge in [0.2, 0.25) is 18.6 Å². The first-order chi connectivity index (χ1) is 15.6. The number of fused-ring (bicyclic) bond motifs is 1. The predicted octanol–water partition coefficient (Wildman–Crippen LogP) is 3.67. The van der Waals surface area contributed by atoms with Crippen molar-refractivity contribution in [2.45, 2.75) is 13.3 Å². The zero-order chi connectivity index (χ0) is 21.9. The average molecular weight is 429 g/mol. The van der Waals surface area contributed by atoms with Crippen LogP contribution in [-0.2, 0) is 11.2 Å². The van der Waals surface area contributed by atoms with Crippen molar-refractivity contribution in [3.63, 3.8) is 0 Å². The van der Waals surface area contributed by atoms with Crippen LogP contribution in [0.25, 0.3) is 5.82 Å². The molecule has 0 radical (unpaired) electrons. The number of benzene rings is 2. The molecule has 9 nitrogen and oxygen atoms in total. The lowest BCUT2D eigenvalue weighted by atomic mass is 10.1. The van der Waals surface area contributed by atoms with E-state index in [1.54, 1.807) is 41.1 Å². The Morgan fingerprint density at radius 2 is 1.88 bits per heavy atom. The first-order valence-electron chi connectivity index (χ1n) is 9.95. The third kappa shape index (κ3) is 4.36. The van der Waals surface area contributed by atoms with Gasteiger partial charge >= 0.3 is 0 Å². The fourth-order valence-electron chi connectivity index (χ4n) is 3.20. The molecule has 0 atom stereocenters. The molecule has 3 heterocycles. The van der Waals surface area contributed by atoms with Gasteiger partial charge in [-0.25, -0.2) is 4.68 Å². The van der Waals surface area contributed by atoms with Crippen molar-refractivity contribution in [2.24, 2.45) is 0 Å². The number of carbonyl (C=O) groups is 1. The normalized spacial score (nSPS) is 11.9. The molecule has 160 valence electrons. The number of rotatable bonds is 6. The van der Waals surface area contributed by atoms with Gasteiger partial charge in [-0.1, -0.05) is 6.07 Å². The summed E-state index contributed by atoms with van der Waals surface area (Å²) in [5.74, 6) is 2.76. The van der Waals surface area contributed by atoms with Crippen molar-refractivity contribution in [2.75, 3.05) is 12.1 Å². The molecule has 0 spiro atoms. The predicted molar refractivity (Wildman–Crippen MR) is 115 cm³/mol. The topological polar surface area (TPSA) is 100 Å². The van der Waals surface area contributed by atoms with Crippen LogP contribution in [0.3, 0.4) is 0 Å². The average Bonchev–Trinajstić information content (AvgIpc) is 3.44. The van der Waals surface area contributed by atoms with E-state index in [-0.39, 0.29) is 19.1 Å². The van der Waals surface area contributed by atoms with Crippen molar-refractivity contribution in [1.82, 2.24) is 20.0 Å². The van der Waals surface area contributed by atoms with E-state index in [9.17, 15) is 4.79 Å². The molecule has 0 fully saturated rings. The Bertz CT molecular complexity index is 1250. The zero-order valence-corrected chi connectivity index (χ0v) is 17.2. The van der Waals surface area contributed by atoms with E-state index in [4.69, 9.17) is 14.2 Å². The lowest BCUT2D eigenvalue weighted by Crippen LogP contribution is -2.14. The second-order valence-corrected chi connectivity index (χ2v) is 7.17. The molecule has 9 heteroatoms. The van der Waals surface area contributed by atoms with Crippen molar-refractivity contribution in [3.8, 4) is 28.9 Å². The van der Waals surface area contributed by atoms with Crippen LogP contribution in [0, 0.1) is 6.92 Å². The molecule has 1 N–H and O–H groups in total. The van der Waals surface area contributed by atoms with Crippen molar-refractivity contribution >= 4 is 11.6 Å². The first kappa shape index (κ1) is 19.6. The van der Waals surface area contributed by atoms with Crippen LogP contribution in [0.5, 0.6) is 23.1 Å². The van der Waals surface area contributed by atoms with Gasteiger partial charge in [0.05, 0.1) is 12.1 Å². The maximum atomic E-state index is 12.4. The first-order valence-corrected chi connectivity index (χ1v) is 9.95. The molecule has 0 aliphatic carbocycles. The fourth-order valence-corrected chi connectivity index (χ4v) is 3.20. The standard InChI is InChI=1S/C23H19N5O4/c1-15-10-11-28(27-15)21-8-9-23(26-25-21)32-18-5-3-17(4-6-18)24-22(29)13-16-2-7-19-20(12-16)31-14-30-19/h2-12H,13-14H2,1H3,(H,24,29). The van der Waals surface area contributed by atoms with Gasteiger partial charge < -0.3 is 19.5 Å². The number of amides is 1. The molecule has 2 aromatic carbocycles. The van der Waals surface area contributed by atoms with Gasteiger partial charge in [0.1, 0.15) is 5.75 Å². The van der Waals surface area contributed by atoms with Crippen molar-refractivity contribution < 1.29 is 19.0 Å². The highest BCUT2D eigenvalue weighted by Crippen LogP contribution is 2.32. The van der Waals surface area contributed by atoms with Gasteiger partial charge in [-0.15, -0.1) is 10.2 Å². The molecule has 5 rings (SSSR count). The molecule has 0 saturated carbocycles. The van der Waals surface area contributed by atoms with Crippen LogP contribution in [-0.4, -0.2) is 32.7 Å². The second kappa shape index (κ2) is 8.38. The number of ether oxygens (including phenoxy) is 3. The maximum absolute atomic E-state index is 12.4. The molecule has 4 aromatic rings. The van der Waals surface area contributed by atoms with E-state index in [0.29, 0.717) is 34.6 Å². The van der Waals surface area contributed by atoms with Crippen LogP contribution in [0.2, 0.25) is 0 Å². The minimum Gasteiger partial charge on any atom is -0.454 e. The Balaban J connectivity index is 1.17. The molecule has 0 unspecified atom stereocenters. The SMILES string of the molecule is Cc1ccn(-c2ccc(Oc3ccc(NC(=O)Cc4ccc5c(c4)OCO5)cc3)nn2)n1. The van der Waals surface area contributed by atoms with Gasteiger partial charge in [0.25, 0.3) is 0 Å². The summed E-state index contributed by atoms with van der Waals surface area (Å²) in [5.41, 5.74) is 2.41. The second-order valence-electron chi connectivity index (χ2n) is 7.17. The van der Waals surface area contributed by atoms with Gasteiger partial charge in [0.15, 0.2) is 17.3 Å². The largest absolute Gasteiger partial charge is 0.454 e. The Labute approximate surface area is 183 Å². The number of nitrogens with zero attached hydrogens (tertiary/aromatic N) is 4. The highest BCUT2D eigenvalue weighted by molar-refractivity contribution is 5.92. The molecule has 32 heavy (non-hydrogen) atoms. The van der Waals surface area contributed by atoms with Crippen LogP contribution in [0.1, 0.15) is 11.3 Å². The minimum atomic E-state index is -0.132. The van der Waals surface area contributed by atoms with E-state index in [2.05, 4.69) is 20.6 Å². The van der Waals surface area contributed by atoms with E-state index in [1.807, 2.05) is 37.4 Å². The monoisotopic (exact) mass is 429 g/mol. The third-order valence-corrected chi connectivity index (χ3v) is 4.75. The summed E-state index contributed by atoms with van der Waals surface area (Å²) in [6, 6.07) is 17.9. The van der Waals surface area contributed by atoms with E-state index in [0.717, 1.165) is 11.3 Å². The molecule has 1 aliphatic heterocycles. The molecule has 0 saturated heterocycles. The lowest BCUT2D eigenvalue weighted by Gasteiger charge is -2.08. The lowest BCUT2D eigenvalue weighted by molar-refractivity contribution is -0.115. The summed E-state index contributed by atoms with van der Waals surface area (Å²) in [6.45, 7) is 2.12. The molecular weight excluding hydrogens is 410 g/mol. The number of hydrogen-bond donors (Lipinski definition) is 1. The Kier molecular flexibility index (Phi) is 5.12. The summed E-state index contributed by atoms with van der Waals surface area (Å²) in [7, 11) is 0. The summed E-state index contributed by atoms with van der Waals surface area (Å²) in [5, 5.41) is 15.4. The van der Waals surface area contributed by atoms with E-state index in [1.165, 1.54) is 0 Å². The summed E-state index contributed by atoms with van der Waals surface area (Å²) in [6.07, 6.45) is 2.05. The Morgan fingerprint density at radius 1 is 1.03 bits per heavy atom. The van der Waals surface area contributed by atoms with Gasteiger partial charge in [-0.2, -0.15) is 5.10 Å². The summed E-state index contributed by atoms with van der Waals surface area (Å²) in [4.78, 5) is 12.4. The molecule has 1 amide bonds. The van der Waals surface area contributed by atoms with Gasteiger partial charge in [0, 0.05) is 18.0 Å². The number of anilines is 1. The molecular formula is C23H19N5O4. The van der Waals surface area contributed by atoms with Gasteiger partial charge in [-0.3, -0.25) is 4.79 Å². The minimum absolute atomic E-state index is 0.132. The van der Waals surface area contributed by atoms with Crippen molar-refractivity contribution in [1.29, 1.82) is 0 Å². The number of nitrogens with one attached hydrogen (secondary N) is 1. The van der Waals surface area contributed by atoms with Crippen LogP contribution < -0.4 is 19.5 Å². The quantitative estimate of drug-likeness (QED) is 0.499. The fraction of sp³-hybridized carbons (Fsp3) is 0.130. The van der Waals surface area contributed by atoms with Crippen LogP contribution in [0.15, 0.2) is 66.9 Å². The smallest absolute Gasteiger partial charge is 0.238 e. The molecule has 2 aromatic heterocycles. The van der Waals surface area contributed by atoms with E-state index >= 15 is 0 Å². The number of aromatic nitrogens is 4. The maximum Gasteiger partial charge on any atom is 0.238 e. The summed E-state index contributed by atoms with van der Waals surface area (Å²) < 4.78 is 18.0. The van der Waals surface area contributed by atoms with Crippen LogP contribution in [0.4, 0.5) is 5.69 Å². The van der Waals surface area contributed by atoms with Crippen molar-refractivity contribution in [3.05, 3.63) is 78.1 Å².